The largest absolute Gasteiger partial charge is 0.276 e. The average Bonchev–Trinajstić information content (AvgIpc) is 3.45. The Hall–Kier alpha value is -3.23. The fraction of sp³-hybridized carbons (Fsp3) is 0.182. The number of hydrogen-bond donors (Lipinski definition) is 0. The first kappa shape index (κ1) is 18.8. The van der Waals surface area contributed by atoms with Crippen molar-refractivity contribution in [3.05, 3.63) is 96.1 Å². The Bertz CT molecular complexity index is 1280. The Morgan fingerprint density at radius 3 is 2.50 bits per heavy atom. The van der Waals surface area contributed by atoms with Crippen molar-refractivity contribution in [3.8, 4) is 5.69 Å². The highest BCUT2D eigenvalue weighted by Gasteiger charge is 2.34. The zero-order chi connectivity index (χ0) is 20.7. The zero-order valence-electron chi connectivity index (χ0n) is 16.5. The highest BCUT2D eigenvalue weighted by molar-refractivity contribution is 7.89. The molecule has 8 heteroatoms. The Kier molecular flexibility index (Phi) is 4.52. The molecule has 30 heavy (non-hydrogen) atoms. The Morgan fingerprint density at radius 1 is 1.00 bits per heavy atom. The lowest BCUT2D eigenvalue weighted by Gasteiger charge is -2.33. The standard InChI is InChI=1S/C22H21N5O2S/c1-25-14-18(13-24-25)22-16-26(15-17-5-2-3-6-21(17)22)30(28,29)20-9-7-19(8-10-20)27-12-4-11-23-27/h2-14,22H,15-16H2,1H3/t22-/m0/s1. The van der Waals surface area contributed by atoms with E-state index >= 15 is 0 Å². The van der Waals surface area contributed by atoms with Crippen molar-refractivity contribution >= 4 is 10.0 Å². The van der Waals surface area contributed by atoms with Crippen LogP contribution < -0.4 is 0 Å². The second-order valence-corrected chi connectivity index (χ2v) is 9.38. The topological polar surface area (TPSA) is 73.0 Å². The number of sulfonamides is 1. The summed E-state index contributed by atoms with van der Waals surface area (Å²) in [6.07, 6.45) is 7.28. The van der Waals surface area contributed by atoms with Gasteiger partial charge in [0, 0.05) is 44.6 Å². The summed E-state index contributed by atoms with van der Waals surface area (Å²) >= 11 is 0. The predicted octanol–water partition coefficient (Wildman–Crippen LogP) is 2.94. The third kappa shape index (κ3) is 3.24. The molecule has 3 heterocycles. The second kappa shape index (κ2) is 7.23. The van der Waals surface area contributed by atoms with Crippen LogP contribution in [0, 0.1) is 0 Å². The smallest absolute Gasteiger partial charge is 0.243 e. The second-order valence-electron chi connectivity index (χ2n) is 7.44. The minimum absolute atomic E-state index is 0.0539. The Labute approximate surface area is 175 Å². The summed E-state index contributed by atoms with van der Waals surface area (Å²) in [5.74, 6) is -0.0539. The maximum absolute atomic E-state index is 13.5. The summed E-state index contributed by atoms with van der Waals surface area (Å²) in [6.45, 7) is 0.738. The minimum Gasteiger partial charge on any atom is -0.276 e. The molecule has 2 aromatic carbocycles. The van der Waals surface area contributed by atoms with Gasteiger partial charge in [0.1, 0.15) is 0 Å². The molecule has 4 aromatic rings. The normalized spacial score (nSPS) is 17.0. The summed E-state index contributed by atoms with van der Waals surface area (Å²) in [6, 6.07) is 16.7. The van der Waals surface area contributed by atoms with Gasteiger partial charge in [-0.05, 0) is 47.0 Å². The Morgan fingerprint density at radius 2 is 1.80 bits per heavy atom. The third-order valence-electron chi connectivity index (χ3n) is 5.53. The van der Waals surface area contributed by atoms with Gasteiger partial charge < -0.3 is 0 Å². The fourth-order valence-corrected chi connectivity index (χ4v) is 5.44. The van der Waals surface area contributed by atoms with Gasteiger partial charge in [-0.1, -0.05) is 24.3 Å². The van der Waals surface area contributed by atoms with Gasteiger partial charge >= 0.3 is 0 Å². The first-order valence-corrected chi connectivity index (χ1v) is 11.1. The fourth-order valence-electron chi connectivity index (χ4n) is 4.00. The maximum atomic E-state index is 13.5. The van der Waals surface area contributed by atoms with E-state index < -0.39 is 10.0 Å². The SMILES string of the molecule is Cn1cc([C@@H]2CN(S(=O)(=O)c3ccc(-n4cccn4)cc3)Cc3ccccc32)cn1. The van der Waals surface area contributed by atoms with Gasteiger partial charge in [0.05, 0.1) is 16.8 Å². The molecule has 0 bridgehead atoms. The van der Waals surface area contributed by atoms with Crippen LogP contribution in [0.5, 0.6) is 0 Å². The summed E-state index contributed by atoms with van der Waals surface area (Å²) in [7, 11) is -1.78. The zero-order valence-corrected chi connectivity index (χ0v) is 17.3. The van der Waals surface area contributed by atoms with Crippen LogP contribution in [0.1, 0.15) is 22.6 Å². The van der Waals surface area contributed by atoms with Crippen LogP contribution in [-0.4, -0.2) is 38.8 Å². The van der Waals surface area contributed by atoms with E-state index in [9.17, 15) is 8.42 Å². The van der Waals surface area contributed by atoms with Crippen LogP contribution in [0.15, 0.2) is 84.3 Å². The number of nitrogens with zero attached hydrogens (tertiary/aromatic N) is 5. The number of fused-ring (bicyclic) bond motifs is 1. The van der Waals surface area contributed by atoms with Gasteiger partial charge in [-0.2, -0.15) is 14.5 Å². The first-order valence-electron chi connectivity index (χ1n) is 9.69. The van der Waals surface area contributed by atoms with Gasteiger partial charge in [0.25, 0.3) is 0 Å². The van der Waals surface area contributed by atoms with Crippen molar-refractivity contribution in [3.63, 3.8) is 0 Å². The molecule has 0 fully saturated rings. The summed E-state index contributed by atoms with van der Waals surface area (Å²) in [5, 5.41) is 8.47. The van der Waals surface area contributed by atoms with E-state index in [0.717, 1.165) is 22.4 Å². The van der Waals surface area contributed by atoms with E-state index in [0.29, 0.717) is 13.1 Å². The van der Waals surface area contributed by atoms with Gasteiger partial charge in [-0.15, -0.1) is 0 Å². The van der Waals surface area contributed by atoms with Gasteiger partial charge in [0.2, 0.25) is 10.0 Å². The van der Waals surface area contributed by atoms with Gasteiger partial charge in [-0.25, -0.2) is 13.1 Å². The molecule has 0 saturated heterocycles. The quantitative estimate of drug-likeness (QED) is 0.510. The minimum atomic E-state index is -3.65. The number of aryl methyl sites for hydroxylation is 1. The highest BCUT2D eigenvalue weighted by Crippen LogP contribution is 2.35. The lowest BCUT2D eigenvalue weighted by molar-refractivity contribution is 0.371. The third-order valence-corrected chi connectivity index (χ3v) is 7.36. The molecule has 0 amide bonds. The molecule has 0 unspecified atom stereocenters. The van der Waals surface area contributed by atoms with Crippen LogP contribution in [0.3, 0.4) is 0 Å². The molecule has 1 aliphatic rings. The van der Waals surface area contributed by atoms with Crippen LogP contribution in [0.2, 0.25) is 0 Å². The lowest BCUT2D eigenvalue weighted by Crippen LogP contribution is -2.38. The average molecular weight is 420 g/mol. The van der Waals surface area contributed by atoms with Crippen molar-refractivity contribution in [2.75, 3.05) is 6.54 Å². The lowest BCUT2D eigenvalue weighted by atomic mass is 9.87. The van der Waals surface area contributed by atoms with E-state index in [1.807, 2.05) is 49.9 Å². The van der Waals surface area contributed by atoms with Crippen LogP contribution in [0.25, 0.3) is 5.69 Å². The van der Waals surface area contributed by atoms with E-state index in [4.69, 9.17) is 0 Å². The number of rotatable bonds is 4. The first-order chi connectivity index (χ1) is 14.5. The molecule has 0 aliphatic carbocycles. The Balaban J connectivity index is 1.50. The van der Waals surface area contributed by atoms with Crippen molar-refractivity contribution < 1.29 is 8.42 Å². The summed E-state index contributed by atoms with van der Waals surface area (Å²) in [4.78, 5) is 0.280. The number of aromatic nitrogens is 4. The monoisotopic (exact) mass is 419 g/mol. The highest BCUT2D eigenvalue weighted by atomic mass is 32.2. The maximum Gasteiger partial charge on any atom is 0.243 e. The van der Waals surface area contributed by atoms with Crippen molar-refractivity contribution in [2.24, 2.45) is 7.05 Å². The van der Waals surface area contributed by atoms with E-state index in [1.54, 1.807) is 44.1 Å². The molecule has 1 atom stereocenters. The van der Waals surface area contributed by atoms with Crippen LogP contribution in [0.4, 0.5) is 0 Å². The summed E-state index contributed by atoms with van der Waals surface area (Å²) in [5.41, 5.74) is 4.01. The molecule has 0 N–H and O–H groups in total. The van der Waals surface area contributed by atoms with E-state index in [-0.39, 0.29) is 10.8 Å². The van der Waals surface area contributed by atoms with Crippen molar-refractivity contribution in [2.45, 2.75) is 17.4 Å². The molecule has 152 valence electrons. The van der Waals surface area contributed by atoms with E-state index in [2.05, 4.69) is 16.3 Å². The molecular weight excluding hydrogens is 398 g/mol. The van der Waals surface area contributed by atoms with Crippen LogP contribution >= 0.6 is 0 Å². The molecule has 0 saturated carbocycles. The summed E-state index contributed by atoms with van der Waals surface area (Å²) < 4.78 is 31.9. The molecule has 5 rings (SSSR count). The molecular formula is C22H21N5O2S. The van der Waals surface area contributed by atoms with Crippen molar-refractivity contribution in [1.29, 1.82) is 0 Å². The molecule has 2 aromatic heterocycles. The predicted molar refractivity (Wildman–Crippen MR) is 113 cm³/mol. The molecule has 7 nitrogen and oxygen atoms in total. The molecule has 0 spiro atoms. The number of benzene rings is 2. The molecule has 0 radical (unpaired) electrons. The molecule has 1 aliphatic heterocycles. The van der Waals surface area contributed by atoms with Gasteiger partial charge in [0.15, 0.2) is 0 Å². The number of hydrogen-bond acceptors (Lipinski definition) is 4. The van der Waals surface area contributed by atoms with E-state index in [1.165, 1.54) is 0 Å². The van der Waals surface area contributed by atoms with Crippen LogP contribution in [-0.2, 0) is 23.6 Å². The van der Waals surface area contributed by atoms with Gasteiger partial charge in [-0.3, -0.25) is 4.68 Å². The van der Waals surface area contributed by atoms with Crippen molar-refractivity contribution in [1.82, 2.24) is 23.9 Å².